The zero-order valence-corrected chi connectivity index (χ0v) is 33.2. The Morgan fingerprint density at radius 2 is 1.82 bits per heavy atom. The lowest BCUT2D eigenvalue weighted by Crippen LogP contribution is -2.49. The number of aromatic nitrogens is 7. The van der Waals surface area contributed by atoms with Crippen LogP contribution in [0.1, 0.15) is 97.7 Å². The van der Waals surface area contributed by atoms with Crippen LogP contribution in [0.3, 0.4) is 0 Å². The molecule has 15 heteroatoms. The summed E-state index contributed by atoms with van der Waals surface area (Å²) in [6.45, 7) is 11.8. The summed E-state index contributed by atoms with van der Waals surface area (Å²) in [7, 11) is 1.90. The maximum atomic E-state index is 12.7. The molecule has 2 aliphatic rings. The summed E-state index contributed by atoms with van der Waals surface area (Å²) in [4.78, 5) is 49.8. The van der Waals surface area contributed by atoms with Crippen LogP contribution < -0.4 is 15.5 Å². The monoisotopic (exact) mass is 771 g/mol. The number of hydrogen-bond acceptors (Lipinski definition) is 10. The quantitative estimate of drug-likeness (QED) is 0.153. The number of carbonyl (C=O) groups excluding carboxylic acids is 3. The van der Waals surface area contributed by atoms with Gasteiger partial charge in [0.25, 0.3) is 11.7 Å². The van der Waals surface area contributed by atoms with Crippen LogP contribution in [0.15, 0.2) is 59.3 Å². The van der Waals surface area contributed by atoms with E-state index < -0.39 is 6.03 Å². The number of aryl methyl sites for hydroxylation is 3. The van der Waals surface area contributed by atoms with Gasteiger partial charge >= 0.3 is 6.03 Å². The number of imide groups is 1. The molecule has 2 aromatic carbocycles. The highest BCUT2D eigenvalue weighted by atomic mass is 16.5. The molecule has 2 fully saturated rings. The van der Waals surface area contributed by atoms with Gasteiger partial charge in [-0.25, -0.2) is 14.3 Å². The molecule has 2 N–H and O–H groups in total. The van der Waals surface area contributed by atoms with Crippen molar-refractivity contribution in [1.82, 2.24) is 50.1 Å². The van der Waals surface area contributed by atoms with Gasteiger partial charge in [0.15, 0.2) is 11.5 Å². The van der Waals surface area contributed by atoms with Gasteiger partial charge in [0.05, 0.1) is 16.9 Å². The maximum Gasteiger partial charge on any atom is 0.329 e. The molecule has 0 bridgehead atoms. The smallest absolute Gasteiger partial charge is 0.329 e. The molecule has 0 unspecified atom stereocenters. The molecule has 0 aliphatic carbocycles. The Labute approximate surface area is 330 Å². The van der Waals surface area contributed by atoms with Gasteiger partial charge in [0.1, 0.15) is 0 Å². The van der Waals surface area contributed by atoms with Crippen molar-refractivity contribution in [3.05, 3.63) is 88.8 Å². The number of piperidine rings is 1. The van der Waals surface area contributed by atoms with Gasteiger partial charge in [0, 0.05) is 55.2 Å². The maximum absolute atomic E-state index is 12.7. The van der Waals surface area contributed by atoms with Crippen molar-refractivity contribution >= 4 is 40.2 Å². The van der Waals surface area contributed by atoms with Crippen LogP contribution in [0.4, 0.5) is 10.6 Å². The summed E-state index contributed by atoms with van der Waals surface area (Å²) in [5.41, 5.74) is 7.85. The zero-order chi connectivity index (χ0) is 39.8. The predicted molar refractivity (Wildman–Crippen MR) is 215 cm³/mol. The summed E-state index contributed by atoms with van der Waals surface area (Å²) in [6.07, 6.45) is 7.32. The van der Waals surface area contributed by atoms with Gasteiger partial charge in [0.2, 0.25) is 11.8 Å². The van der Waals surface area contributed by atoms with E-state index >= 15 is 0 Å². The molecule has 2 aliphatic heterocycles. The molecule has 0 radical (unpaired) electrons. The Hall–Kier alpha value is -5.96. The molecule has 296 valence electrons. The molecule has 57 heavy (non-hydrogen) atoms. The van der Waals surface area contributed by atoms with Crippen LogP contribution in [0.25, 0.3) is 27.8 Å². The number of nitrogens with zero attached hydrogens (tertiary/aromatic N) is 9. The van der Waals surface area contributed by atoms with E-state index in [1.807, 2.05) is 62.3 Å². The van der Waals surface area contributed by atoms with Crippen molar-refractivity contribution in [3.63, 3.8) is 0 Å². The molecule has 4 aromatic heterocycles. The number of benzene rings is 2. The van der Waals surface area contributed by atoms with E-state index in [1.165, 1.54) is 5.56 Å². The summed E-state index contributed by atoms with van der Waals surface area (Å²) in [5, 5.41) is 19.7. The molecular weight excluding hydrogens is 723 g/mol. The van der Waals surface area contributed by atoms with Crippen molar-refractivity contribution in [2.75, 3.05) is 31.1 Å². The van der Waals surface area contributed by atoms with E-state index in [9.17, 15) is 14.4 Å². The lowest BCUT2D eigenvalue weighted by molar-refractivity contribution is -0.120. The molecule has 2 saturated heterocycles. The molecule has 6 aromatic rings. The predicted octanol–water partition coefficient (Wildman–Crippen LogP) is 5.85. The van der Waals surface area contributed by atoms with E-state index in [-0.39, 0.29) is 29.5 Å². The molecule has 6 heterocycles. The number of likely N-dealkylation sites (tertiary alicyclic amines) is 1. The summed E-state index contributed by atoms with van der Waals surface area (Å²) in [6, 6.07) is 16.3. The lowest BCUT2D eigenvalue weighted by Gasteiger charge is -2.32. The first kappa shape index (κ1) is 37.9. The van der Waals surface area contributed by atoms with Gasteiger partial charge in [-0.05, 0) is 106 Å². The second-order valence-electron chi connectivity index (χ2n) is 16.3. The standard InChI is InChI=1S/C42H49N11O4/c1-26-22-29(9-10-30(26)25-44-39(55)37-46-40(57-49-37)42(2,3)4)33-13-17-43-35-24-31(47-53(33)35)8-6-7-18-51-19-14-27(15-20-51)28-11-12-32-34(23-28)50(5)48-38(32)52-21-16-36(54)45-41(52)56/h9-13,17,22-24,27H,6-8,14-16,18-21,25H2,1-5H3,(H,44,55)(H,45,54,56). The van der Waals surface area contributed by atoms with Gasteiger partial charge in [-0.3, -0.25) is 24.5 Å². The van der Waals surface area contributed by atoms with Crippen LogP contribution in [0.5, 0.6) is 0 Å². The second kappa shape index (κ2) is 15.5. The van der Waals surface area contributed by atoms with Crippen LogP contribution in [0, 0.1) is 6.92 Å². The number of amides is 4. The van der Waals surface area contributed by atoms with E-state index in [0.29, 0.717) is 30.7 Å². The third kappa shape index (κ3) is 8.01. The van der Waals surface area contributed by atoms with Gasteiger partial charge in [-0.15, -0.1) is 0 Å². The van der Waals surface area contributed by atoms with E-state index in [2.05, 4.69) is 72.2 Å². The zero-order valence-electron chi connectivity index (χ0n) is 33.2. The fraction of sp³-hybridized carbons (Fsp3) is 0.429. The molecule has 8 rings (SSSR count). The molecule has 0 spiro atoms. The van der Waals surface area contributed by atoms with Gasteiger partial charge in [-0.2, -0.15) is 15.2 Å². The number of unbranched alkanes of at least 4 members (excludes halogenated alkanes) is 1. The van der Waals surface area contributed by atoms with E-state index in [4.69, 9.17) is 9.62 Å². The average Bonchev–Trinajstić information content (AvgIpc) is 3.94. The highest BCUT2D eigenvalue weighted by molar-refractivity contribution is 6.08. The molecule has 0 atom stereocenters. The summed E-state index contributed by atoms with van der Waals surface area (Å²) >= 11 is 0. The number of fused-ring (bicyclic) bond motifs is 2. The van der Waals surface area contributed by atoms with Crippen LogP contribution >= 0.6 is 0 Å². The van der Waals surface area contributed by atoms with Crippen molar-refractivity contribution in [2.24, 2.45) is 7.05 Å². The Morgan fingerprint density at radius 1 is 1.00 bits per heavy atom. The normalized spacial score (nSPS) is 15.8. The summed E-state index contributed by atoms with van der Waals surface area (Å²) in [5.74, 6) is 0.905. The Balaban J connectivity index is 0.821. The Morgan fingerprint density at radius 3 is 2.58 bits per heavy atom. The summed E-state index contributed by atoms with van der Waals surface area (Å²) < 4.78 is 9.03. The second-order valence-corrected chi connectivity index (χ2v) is 16.3. The lowest BCUT2D eigenvalue weighted by atomic mass is 9.89. The average molecular weight is 772 g/mol. The van der Waals surface area contributed by atoms with Crippen molar-refractivity contribution in [1.29, 1.82) is 0 Å². The fourth-order valence-electron chi connectivity index (χ4n) is 7.82. The number of rotatable bonds is 11. The largest absolute Gasteiger partial charge is 0.345 e. The van der Waals surface area contributed by atoms with E-state index in [0.717, 1.165) is 96.4 Å². The highest BCUT2D eigenvalue weighted by Gasteiger charge is 2.29. The van der Waals surface area contributed by atoms with Gasteiger partial charge < -0.3 is 14.7 Å². The number of carbonyl (C=O) groups is 3. The molecule has 15 nitrogen and oxygen atoms in total. The minimum absolute atomic E-state index is 0.0317. The van der Waals surface area contributed by atoms with Crippen molar-refractivity contribution in [3.8, 4) is 11.3 Å². The molecule has 0 saturated carbocycles. The van der Waals surface area contributed by atoms with Crippen molar-refractivity contribution < 1.29 is 18.9 Å². The Kier molecular flexibility index (Phi) is 10.3. The van der Waals surface area contributed by atoms with Crippen LogP contribution in [-0.4, -0.2) is 83.4 Å². The first-order chi connectivity index (χ1) is 27.4. The number of anilines is 1. The molecular formula is C42H49N11O4. The third-order valence-corrected chi connectivity index (χ3v) is 11.1. The number of nitrogens with one attached hydrogen (secondary N) is 2. The number of urea groups is 1. The minimum atomic E-state index is -0.416. The van der Waals surface area contributed by atoms with Crippen LogP contribution in [0.2, 0.25) is 0 Å². The minimum Gasteiger partial charge on any atom is -0.345 e. The Bertz CT molecular complexity index is 2470. The van der Waals surface area contributed by atoms with Gasteiger partial charge in [-0.1, -0.05) is 44.1 Å². The van der Waals surface area contributed by atoms with E-state index in [1.54, 1.807) is 4.90 Å². The fourth-order valence-corrected chi connectivity index (χ4v) is 7.82. The highest BCUT2D eigenvalue weighted by Crippen LogP contribution is 2.34. The third-order valence-electron chi connectivity index (χ3n) is 11.1. The number of hydrogen-bond donors (Lipinski definition) is 2. The first-order valence-corrected chi connectivity index (χ1v) is 19.8. The first-order valence-electron chi connectivity index (χ1n) is 19.8. The molecule has 4 amide bonds. The topological polar surface area (TPSA) is 169 Å². The van der Waals surface area contributed by atoms with Crippen LogP contribution in [-0.2, 0) is 30.2 Å². The SMILES string of the molecule is Cc1cc(-c2ccnc3cc(CCCCN4CCC(c5ccc6c(N7CCC(=O)NC7=O)nn(C)c6c5)CC4)nn23)ccc1CNC(=O)c1noc(C(C)(C)C)n1. The van der Waals surface area contributed by atoms with Crippen molar-refractivity contribution in [2.45, 2.75) is 84.1 Å².